The lowest BCUT2D eigenvalue weighted by Gasteiger charge is -2.24. The van der Waals surface area contributed by atoms with E-state index in [-0.39, 0.29) is 23.7 Å². The normalized spacial score (nSPS) is 16.5. The Kier molecular flexibility index (Phi) is 7.02. The van der Waals surface area contributed by atoms with Gasteiger partial charge in [-0.25, -0.2) is 0 Å². The van der Waals surface area contributed by atoms with E-state index in [1.807, 2.05) is 26.0 Å². The number of nitrogens with zero attached hydrogens (tertiary/aromatic N) is 2. The highest BCUT2D eigenvalue weighted by Crippen LogP contribution is 2.29. The van der Waals surface area contributed by atoms with E-state index in [0.29, 0.717) is 15.2 Å². The number of carbonyl (C=O) groups is 2. The number of carbonyl (C=O) groups excluding carboxylic acids is 2. The minimum atomic E-state index is -0.586. The van der Waals surface area contributed by atoms with Gasteiger partial charge in [0, 0.05) is 16.5 Å². The van der Waals surface area contributed by atoms with Gasteiger partial charge < -0.3 is 5.32 Å². The van der Waals surface area contributed by atoms with E-state index in [9.17, 15) is 9.59 Å². The van der Waals surface area contributed by atoms with Crippen LogP contribution >= 0.6 is 22.9 Å². The molecule has 1 aromatic carbocycles. The Balaban J connectivity index is 1.68. The van der Waals surface area contributed by atoms with E-state index in [0.717, 1.165) is 37.7 Å². The Hall–Kier alpha value is -1.99. The zero-order chi connectivity index (χ0) is 20.1. The highest BCUT2D eigenvalue weighted by molar-refractivity contribution is 7.18. The van der Waals surface area contributed by atoms with Gasteiger partial charge in [-0.3, -0.25) is 14.9 Å². The largest absolute Gasteiger partial charge is 0.344 e. The summed E-state index contributed by atoms with van der Waals surface area (Å²) in [5.41, 5.74) is 0.846. The van der Waals surface area contributed by atoms with Crippen LogP contribution in [0.15, 0.2) is 24.3 Å². The van der Waals surface area contributed by atoms with Gasteiger partial charge in [-0.2, -0.15) is 0 Å². The first-order valence-electron chi connectivity index (χ1n) is 9.68. The fourth-order valence-electron chi connectivity index (χ4n) is 3.36. The fraction of sp³-hybridized carbons (Fsp3) is 0.500. The highest BCUT2D eigenvalue weighted by atomic mass is 35.5. The molecule has 150 valence electrons. The highest BCUT2D eigenvalue weighted by Gasteiger charge is 2.30. The minimum Gasteiger partial charge on any atom is -0.344 e. The number of hydrogen-bond acceptors (Lipinski definition) is 5. The first-order chi connectivity index (χ1) is 13.5. The van der Waals surface area contributed by atoms with Crippen LogP contribution in [-0.2, 0) is 9.59 Å². The fourth-order valence-corrected chi connectivity index (χ4v) is 4.29. The van der Waals surface area contributed by atoms with Crippen molar-refractivity contribution in [1.82, 2.24) is 15.5 Å². The Labute approximate surface area is 174 Å². The summed E-state index contributed by atoms with van der Waals surface area (Å²) in [7, 11) is 0. The lowest BCUT2D eigenvalue weighted by Crippen LogP contribution is -2.49. The molecular formula is C20H25ClN4O2S. The third kappa shape index (κ3) is 5.08. The number of benzene rings is 1. The summed E-state index contributed by atoms with van der Waals surface area (Å²) in [6, 6.07) is 6.74. The Morgan fingerprint density at radius 2 is 2.04 bits per heavy atom. The lowest BCUT2D eigenvalue weighted by molar-refractivity contribution is -0.130. The van der Waals surface area contributed by atoms with E-state index in [1.165, 1.54) is 11.3 Å². The molecule has 0 saturated heterocycles. The summed E-state index contributed by atoms with van der Waals surface area (Å²) in [4.78, 5) is 25.4. The van der Waals surface area contributed by atoms with Crippen molar-refractivity contribution >= 4 is 39.9 Å². The number of amides is 2. The van der Waals surface area contributed by atoms with Crippen molar-refractivity contribution in [3.63, 3.8) is 0 Å². The molecule has 3 rings (SSSR count). The molecule has 8 heteroatoms. The molecule has 0 aliphatic heterocycles. The van der Waals surface area contributed by atoms with Crippen molar-refractivity contribution in [1.29, 1.82) is 0 Å². The van der Waals surface area contributed by atoms with E-state index in [4.69, 9.17) is 11.6 Å². The summed E-state index contributed by atoms with van der Waals surface area (Å²) in [5.74, 6) is -0.231. The van der Waals surface area contributed by atoms with E-state index in [1.54, 1.807) is 12.1 Å². The summed E-state index contributed by atoms with van der Waals surface area (Å²) in [6.07, 6.45) is 4.75. The maximum absolute atomic E-state index is 12.9. The molecule has 1 aliphatic rings. The predicted molar refractivity (Wildman–Crippen MR) is 112 cm³/mol. The van der Waals surface area contributed by atoms with Crippen molar-refractivity contribution < 1.29 is 9.59 Å². The van der Waals surface area contributed by atoms with Crippen LogP contribution < -0.4 is 10.6 Å². The van der Waals surface area contributed by atoms with Gasteiger partial charge in [0.1, 0.15) is 11.0 Å². The molecule has 0 unspecified atom stereocenters. The standard InChI is InChI=1S/C20H25ClN4O2S/c1-3-12(2)16(22-17(26)13-7-4-5-8-13)18(27)23-20-25-24-19(28-20)14-9-6-10-15(21)11-14/h6,9-13,16H,3-5,7-8H2,1-2H3,(H,22,26)(H,23,25,27)/t12-,16-/m1/s1. The monoisotopic (exact) mass is 420 g/mol. The molecule has 0 spiro atoms. The van der Waals surface area contributed by atoms with Gasteiger partial charge in [0.2, 0.25) is 16.9 Å². The van der Waals surface area contributed by atoms with E-state index in [2.05, 4.69) is 20.8 Å². The van der Waals surface area contributed by atoms with Gasteiger partial charge in [0.05, 0.1) is 0 Å². The van der Waals surface area contributed by atoms with Crippen LogP contribution in [-0.4, -0.2) is 28.1 Å². The second kappa shape index (κ2) is 9.47. The number of anilines is 1. The zero-order valence-electron chi connectivity index (χ0n) is 16.1. The van der Waals surface area contributed by atoms with Gasteiger partial charge in [-0.1, -0.05) is 68.2 Å². The Morgan fingerprint density at radius 3 is 2.71 bits per heavy atom. The van der Waals surface area contributed by atoms with E-state index < -0.39 is 6.04 Å². The lowest BCUT2D eigenvalue weighted by atomic mass is 9.97. The van der Waals surface area contributed by atoms with Gasteiger partial charge >= 0.3 is 0 Å². The molecule has 6 nitrogen and oxygen atoms in total. The molecular weight excluding hydrogens is 396 g/mol. The first-order valence-corrected chi connectivity index (χ1v) is 10.9. The smallest absolute Gasteiger partial charge is 0.249 e. The molecule has 0 radical (unpaired) electrons. The summed E-state index contributed by atoms with van der Waals surface area (Å²) in [5, 5.41) is 15.7. The number of aromatic nitrogens is 2. The van der Waals surface area contributed by atoms with Crippen molar-refractivity contribution in [3.8, 4) is 10.6 Å². The third-order valence-corrected chi connectivity index (χ3v) is 6.37. The average molecular weight is 421 g/mol. The van der Waals surface area contributed by atoms with Crippen LogP contribution in [0, 0.1) is 11.8 Å². The minimum absolute atomic E-state index is 0.0187. The second-order valence-corrected chi connectivity index (χ2v) is 8.68. The maximum atomic E-state index is 12.9. The van der Waals surface area contributed by atoms with Crippen LogP contribution in [0.3, 0.4) is 0 Å². The molecule has 1 heterocycles. The molecule has 2 amide bonds. The summed E-state index contributed by atoms with van der Waals surface area (Å²) < 4.78 is 0. The SMILES string of the molecule is CC[C@@H](C)[C@@H](NC(=O)C1CCCC1)C(=O)Nc1nnc(-c2cccc(Cl)c2)s1. The number of nitrogens with one attached hydrogen (secondary N) is 2. The molecule has 2 atom stereocenters. The number of rotatable bonds is 7. The topological polar surface area (TPSA) is 84.0 Å². The van der Waals surface area contributed by atoms with Crippen LogP contribution in [0.4, 0.5) is 5.13 Å². The molecule has 1 aromatic heterocycles. The van der Waals surface area contributed by atoms with Crippen LogP contribution in [0.2, 0.25) is 5.02 Å². The van der Waals surface area contributed by atoms with E-state index >= 15 is 0 Å². The maximum Gasteiger partial charge on any atom is 0.249 e. The predicted octanol–water partition coefficient (Wildman–Crippen LogP) is 4.52. The molecule has 0 bridgehead atoms. The first kappa shape index (κ1) is 20.7. The Bertz CT molecular complexity index is 835. The van der Waals surface area contributed by atoms with Gasteiger partial charge in [0.25, 0.3) is 0 Å². The van der Waals surface area contributed by atoms with Crippen molar-refractivity contribution in [3.05, 3.63) is 29.3 Å². The van der Waals surface area contributed by atoms with Crippen molar-refractivity contribution in [2.24, 2.45) is 11.8 Å². The average Bonchev–Trinajstić information content (AvgIpc) is 3.37. The summed E-state index contributed by atoms with van der Waals surface area (Å²) in [6.45, 7) is 3.98. The Morgan fingerprint density at radius 1 is 1.29 bits per heavy atom. The molecule has 2 N–H and O–H groups in total. The molecule has 28 heavy (non-hydrogen) atoms. The third-order valence-electron chi connectivity index (χ3n) is 5.25. The molecule has 1 saturated carbocycles. The molecule has 1 aliphatic carbocycles. The van der Waals surface area contributed by atoms with Gasteiger partial charge in [0.15, 0.2) is 0 Å². The second-order valence-electron chi connectivity index (χ2n) is 7.27. The molecule has 1 fully saturated rings. The van der Waals surface area contributed by atoms with Crippen molar-refractivity contribution in [2.45, 2.75) is 52.0 Å². The number of halogens is 1. The van der Waals surface area contributed by atoms with Crippen molar-refractivity contribution in [2.75, 3.05) is 5.32 Å². The molecule has 2 aromatic rings. The summed E-state index contributed by atoms with van der Waals surface area (Å²) >= 11 is 7.31. The van der Waals surface area contributed by atoms with Crippen LogP contribution in [0.1, 0.15) is 46.0 Å². The van der Waals surface area contributed by atoms with Crippen LogP contribution in [0.5, 0.6) is 0 Å². The number of hydrogen-bond donors (Lipinski definition) is 2. The quantitative estimate of drug-likeness (QED) is 0.689. The van der Waals surface area contributed by atoms with Gasteiger partial charge in [-0.05, 0) is 30.9 Å². The zero-order valence-corrected chi connectivity index (χ0v) is 17.6. The van der Waals surface area contributed by atoms with Crippen LogP contribution in [0.25, 0.3) is 10.6 Å². The van der Waals surface area contributed by atoms with Gasteiger partial charge in [-0.15, -0.1) is 10.2 Å².